The zero-order valence-corrected chi connectivity index (χ0v) is 13.6. The summed E-state index contributed by atoms with van der Waals surface area (Å²) < 4.78 is 0. The van der Waals surface area contributed by atoms with Crippen molar-refractivity contribution in [3.05, 3.63) is 11.8 Å². The third-order valence-electron chi connectivity index (χ3n) is 3.83. The van der Waals surface area contributed by atoms with Crippen LogP contribution in [0.1, 0.15) is 37.0 Å². The number of amides is 2. The van der Waals surface area contributed by atoms with Crippen molar-refractivity contribution in [2.24, 2.45) is 5.92 Å². The molecule has 0 radical (unpaired) electrons. The van der Waals surface area contributed by atoms with E-state index >= 15 is 0 Å². The highest BCUT2D eigenvalue weighted by Gasteiger charge is 2.26. The van der Waals surface area contributed by atoms with Crippen LogP contribution in [0.2, 0.25) is 0 Å². The molecule has 0 spiro atoms. The highest BCUT2D eigenvalue weighted by Crippen LogP contribution is 2.20. The van der Waals surface area contributed by atoms with Crippen molar-refractivity contribution in [2.45, 2.75) is 32.7 Å². The Morgan fingerprint density at radius 2 is 2.17 bits per heavy atom. The summed E-state index contributed by atoms with van der Waals surface area (Å²) in [6, 6.07) is 0.0152. The van der Waals surface area contributed by atoms with Gasteiger partial charge in [-0.25, -0.2) is 0 Å². The number of hydrogen-bond acceptors (Lipinski definition) is 4. The molecule has 0 aliphatic carbocycles. The maximum absolute atomic E-state index is 12.4. The molecule has 1 aliphatic rings. The van der Waals surface area contributed by atoms with Crippen LogP contribution in [0.25, 0.3) is 0 Å². The molecule has 3 N–H and O–H groups in total. The van der Waals surface area contributed by atoms with Gasteiger partial charge in [-0.2, -0.15) is 5.10 Å². The second-order valence-corrected chi connectivity index (χ2v) is 6.03. The third-order valence-corrected chi connectivity index (χ3v) is 3.83. The number of nitrogens with one attached hydrogen (secondary N) is 3. The number of aromatic amines is 1. The van der Waals surface area contributed by atoms with E-state index in [2.05, 4.69) is 31.7 Å². The SMILES string of the molecule is C#CCN1CCC(C(=O)Nc2[nH]ncc2C(=O)NC(C)C)CC1. The molecular formula is C16H23N5O2. The Hall–Kier alpha value is -2.33. The zero-order chi connectivity index (χ0) is 16.8. The maximum Gasteiger partial charge on any atom is 0.256 e. The van der Waals surface area contributed by atoms with Crippen LogP contribution in [0.15, 0.2) is 6.20 Å². The van der Waals surface area contributed by atoms with E-state index in [1.54, 1.807) is 0 Å². The average molecular weight is 317 g/mol. The molecule has 23 heavy (non-hydrogen) atoms. The quantitative estimate of drug-likeness (QED) is 0.702. The summed E-state index contributed by atoms with van der Waals surface area (Å²) in [6.07, 6.45) is 8.24. The Bertz CT molecular complexity index is 594. The second-order valence-electron chi connectivity index (χ2n) is 6.03. The molecule has 0 unspecified atom stereocenters. The number of carbonyl (C=O) groups is 2. The fourth-order valence-corrected chi connectivity index (χ4v) is 2.60. The summed E-state index contributed by atoms with van der Waals surface area (Å²) >= 11 is 0. The Kier molecular flexibility index (Phi) is 5.77. The van der Waals surface area contributed by atoms with Gasteiger partial charge in [0, 0.05) is 12.0 Å². The molecule has 2 rings (SSSR count). The summed E-state index contributed by atoms with van der Waals surface area (Å²) in [4.78, 5) is 26.6. The highest BCUT2D eigenvalue weighted by atomic mass is 16.2. The summed E-state index contributed by atoms with van der Waals surface area (Å²) in [5.41, 5.74) is 0.344. The van der Waals surface area contributed by atoms with Crippen LogP contribution in [0.3, 0.4) is 0 Å². The Balaban J connectivity index is 1.93. The van der Waals surface area contributed by atoms with Crippen LogP contribution in [0.5, 0.6) is 0 Å². The number of aromatic nitrogens is 2. The molecule has 0 atom stereocenters. The van der Waals surface area contributed by atoms with Crippen molar-refractivity contribution >= 4 is 17.6 Å². The predicted octanol–water partition coefficient (Wildman–Crippen LogP) is 0.832. The lowest BCUT2D eigenvalue weighted by molar-refractivity contribution is -0.121. The number of hydrogen-bond donors (Lipinski definition) is 3. The normalized spacial score (nSPS) is 16.1. The number of carbonyl (C=O) groups excluding carboxylic acids is 2. The van der Waals surface area contributed by atoms with Gasteiger partial charge < -0.3 is 10.6 Å². The Morgan fingerprint density at radius 1 is 1.48 bits per heavy atom. The first-order valence-corrected chi connectivity index (χ1v) is 7.82. The molecule has 0 bridgehead atoms. The Labute approximate surface area is 136 Å². The van der Waals surface area contributed by atoms with Gasteiger partial charge in [0.05, 0.1) is 12.7 Å². The van der Waals surface area contributed by atoms with Crippen LogP contribution in [-0.4, -0.2) is 52.6 Å². The zero-order valence-electron chi connectivity index (χ0n) is 13.6. The van der Waals surface area contributed by atoms with Gasteiger partial charge >= 0.3 is 0 Å². The molecule has 2 heterocycles. The summed E-state index contributed by atoms with van der Waals surface area (Å²) in [5, 5.41) is 12.1. The van der Waals surface area contributed by atoms with Gasteiger partial charge in [-0.15, -0.1) is 6.42 Å². The van der Waals surface area contributed by atoms with Gasteiger partial charge in [-0.3, -0.25) is 19.6 Å². The summed E-state index contributed by atoms with van der Waals surface area (Å²) in [5.74, 6) is 2.55. The van der Waals surface area contributed by atoms with E-state index < -0.39 is 0 Å². The highest BCUT2D eigenvalue weighted by molar-refractivity contribution is 6.03. The van der Waals surface area contributed by atoms with Gasteiger partial charge in [-0.1, -0.05) is 5.92 Å². The molecule has 124 valence electrons. The van der Waals surface area contributed by atoms with Gasteiger partial charge in [-0.05, 0) is 39.8 Å². The first-order chi connectivity index (χ1) is 11.0. The molecule has 1 aromatic heterocycles. The Morgan fingerprint density at radius 3 is 2.78 bits per heavy atom. The molecule has 1 aliphatic heterocycles. The van der Waals surface area contributed by atoms with Gasteiger partial charge in [0.2, 0.25) is 5.91 Å². The molecule has 1 saturated heterocycles. The van der Waals surface area contributed by atoms with E-state index in [1.165, 1.54) is 6.20 Å². The number of nitrogens with zero attached hydrogens (tertiary/aromatic N) is 2. The van der Waals surface area contributed by atoms with Crippen molar-refractivity contribution < 1.29 is 9.59 Å². The smallest absolute Gasteiger partial charge is 0.256 e. The number of terminal acetylenes is 1. The molecule has 2 amide bonds. The van der Waals surface area contributed by atoms with Crippen LogP contribution < -0.4 is 10.6 Å². The molecule has 1 fully saturated rings. The standard InChI is InChI=1S/C16H23N5O2/c1-4-7-21-8-5-12(6-9-21)15(22)19-14-13(10-17-20-14)16(23)18-11(2)3/h1,10-12H,5-9H2,2-3H3,(H,18,23)(H2,17,19,20,22). The number of H-pyrrole nitrogens is 1. The van der Waals surface area contributed by atoms with Crippen molar-refractivity contribution in [3.63, 3.8) is 0 Å². The second kappa shape index (κ2) is 7.79. The molecule has 7 nitrogen and oxygen atoms in total. The minimum Gasteiger partial charge on any atom is -0.350 e. The lowest BCUT2D eigenvalue weighted by Crippen LogP contribution is -2.38. The van der Waals surface area contributed by atoms with Crippen LogP contribution in [-0.2, 0) is 4.79 Å². The number of piperidine rings is 1. The predicted molar refractivity (Wildman–Crippen MR) is 87.8 cm³/mol. The number of likely N-dealkylation sites (tertiary alicyclic amines) is 1. The first kappa shape index (κ1) is 17.0. The minimum absolute atomic E-state index is 0.0152. The van der Waals surface area contributed by atoms with E-state index in [1.807, 2.05) is 13.8 Å². The van der Waals surface area contributed by atoms with Gasteiger partial charge in [0.15, 0.2) is 0 Å². The summed E-state index contributed by atoms with van der Waals surface area (Å²) in [6.45, 7) is 5.99. The number of rotatable bonds is 5. The molecular weight excluding hydrogens is 294 g/mol. The molecule has 7 heteroatoms. The van der Waals surface area contributed by atoms with Crippen molar-refractivity contribution in [1.82, 2.24) is 20.4 Å². The van der Waals surface area contributed by atoms with Crippen molar-refractivity contribution in [1.29, 1.82) is 0 Å². The lowest BCUT2D eigenvalue weighted by atomic mass is 9.96. The van der Waals surface area contributed by atoms with E-state index in [4.69, 9.17) is 6.42 Å². The fraction of sp³-hybridized carbons (Fsp3) is 0.562. The van der Waals surface area contributed by atoms with Crippen LogP contribution in [0.4, 0.5) is 5.82 Å². The maximum atomic E-state index is 12.4. The van der Waals surface area contributed by atoms with E-state index in [-0.39, 0.29) is 23.8 Å². The van der Waals surface area contributed by atoms with Gasteiger partial charge in [0.25, 0.3) is 5.91 Å². The first-order valence-electron chi connectivity index (χ1n) is 7.82. The average Bonchev–Trinajstić information content (AvgIpc) is 2.96. The van der Waals surface area contributed by atoms with E-state index in [0.717, 1.165) is 25.9 Å². The third kappa shape index (κ3) is 4.57. The van der Waals surface area contributed by atoms with Crippen molar-refractivity contribution in [2.75, 3.05) is 25.0 Å². The van der Waals surface area contributed by atoms with Crippen molar-refractivity contribution in [3.8, 4) is 12.3 Å². The lowest BCUT2D eigenvalue weighted by Gasteiger charge is -2.29. The topological polar surface area (TPSA) is 90.1 Å². The molecule has 0 aromatic carbocycles. The monoisotopic (exact) mass is 317 g/mol. The minimum atomic E-state index is -0.257. The van der Waals surface area contributed by atoms with E-state index in [9.17, 15) is 9.59 Å². The van der Waals surface area contributed by atoms with Gasteiger partial charge in [0.1, 0.15) is 11.4 Å². The summed E-state index contributed by atoms with van der Waals surface area (Å²) in [7, 11) is 0. The van der Waals surface area contributed by atoms with E-state index in [0.29, 0.717) is 17.9 Å². The fourth-order valence-electron chi connectivity index (χ4n) is 2.60. The molecule has 0 saturated carbocycles. The van der Waals surface area contributed by atoms with Crippen LogP contribution >= 0.6 is 0 Å². The largest absolute Gasteiger partial charge is 0.350 e. The van der Waals surface area contributed by atoms with Crippen LogP contribution in [0, 0.1) is 18.3 Å². The molecule has 1 aromatic rings. The number of anilines is 1.